The Bertz CT molecular complexity index is 3100. The molecular formula is C59H48ClN5O7S2. The maximum Gasteiger partial charge on any atom is 0.355 e. The Morgan fingerprint density at radius 2 is 1.20 bits per heavy atom. The Morgan fingerprint density at radius 3 is 1.66 bits per heavy atom. The van der Waals surface area contributed by atoms with Crippen LogP contribution in [0.1, 0.15) is 44.6 Å². The maximum absolute atomic E-state index is 15.2. The molecule has 3 atom stereocenters. The van der Waals surface area contributed by atoms with Crippen LogP contribution in [0.15, 0.2) is 228 Å². The van der Waals surface area contributed by atoms with Gasteiger partial charge in [-0.2, -0.15) is 0 Å². The van der Waals surface area contributed by atoms with E-state index in [1.807, 2.05) is 146 Å². The fourth-order valence-electron chi connectivity index (χ4n) is 9.47. The summed E-state index contributed by atoms with van der Waals surface area (Å²) in [4.78, 5) is 56.5. The minimum Gasteiger partial charge on any atom is -0.614 e. The number of hydrogen-bond acceptors (Lipinski definition) is 11. The molecule has 12 nitrogen and oxygen atoms in total. The van der Waals surface area contributed by atoms with Crippen LogP contribution >= 0.6 is 22.9 Å². The van der Waals surface area contributed by atoms with E-state index in [0.717, 1.165) is 38.3 Å². The number of methoxy groups -OCH3 is 1. The van der Waals surface area contributed by atoms with Crippen molar-refractivity contribution in [2.45, 2.75) is 29.2 Å². The largest absolute Gasteiger partial charge is 0.614 e. The molecule has 1 fully saturated rings. The zero-order valence-corrected chi connectivity index (χ0v) is 42.3. The number of benzene rings is 7. The van der Waals surface area contributed by atoms with Crippen LogP contribution in [0, 0.1) is 0 Å². The van der Waals surface area contributed by atoms with Gasteiger partial charge in [0.2, 0.25) is 11.0 Å². The molecule has 0 spiro atoms. The van der Waals surface area contributed by atoms with E-state index >= 15 is 4.79 Å². The van der Waals surface area contributed by atoms with Crippen LogP contribution in [0.4, 0.5) is 5.13 Å². The minimum atomic E-state index is -1.79. The van der Waals surface area contributed by atoms with Crippen molar-refractivity contribution in [1.29, 1.82) is 0 Å². The van der Waals surface area contributed by atoms with E-state index in [9.17, 15) is 14.1 Å². The molecule has 370 valence electrons. The number of rotatable bonds is 18. The summed E-state index contributed by atoms with van der Waals surface area (Å²) in [6.07, 6.45) is 0. The molecule has 1 aromatic heterocycles. The number of nitrogens with zero attached hydrogens (tertiary/aromatic N) is 3. The smallest absolute Gasteiger partial charge is 0.355 e. The Hall–Kier alpha value is -8.01. The van der Waals surface area contributed by atoms with Crippen molar-refractivity contribution in [2.75, 3.05) is 24.1 Å². The van der Waals surface area contributed by atoms with E-state index in [0.29, 0.717) is 16.4 Å². The molecule has 1 saturated heterocycles. The van der Waals surface area contributed by atoms with Crippen molar-refractivity contribution in [3.05, 3.63) is 268 Å². The lowest BCUT2D eigenvalue weighted by molar-refractivity contribution is -0.153. The standard InChI is InChI=1S/C59H48ClN5O7S2/c1-70-48-34-32-40(33-35-48)37-71-56(68)52-41(36-60)39-74(69)55-51(54(67)65(52)55)62-53(66)50(64-72-59(45-26-14-5-15-27-45,46-28-16-6-17-29-46)47-30-18-7-19-31-47)49-38-73-57(61-49)63-58(42-20-8-2-9-21-42,43-22-10-3-11-23-43)44-24-12-4-13-25-44/h2-35,38,51,55H,36-37,39H2,1H3,(H,61,63)(H,62,66)/b64-50-/t51?,55-,74?/m1/s1. The topological polar surface area (TPSA) is 155 Å². The third-order valence-electron chi connectivity index (χ3n) is 13.1. The summed E-state index contributed by atoms with van der Waals surface area (Å²) in [7, 11) is 1.55. The van der Waals surface area contributed by atoms with Crippen LogP contribution in [0.25, 0.3) is 0 Å². The molecule has 15 heteroatoms. The lowest BCUT2D eigenvalue weighted by atomic mass is 9.77. The SMILES string of the molecule is COc1ccc(COC(=O)C2=C(CCl)C[S+]([O-])[C@@H]3C(NC(=O)/C(=N\OC(c4ccccc4)(c4ccccc4)c4ccccc4)c4csc(NC(c5ccccc5)(c5ccccc5)c5ccccc5)n4)C(=O)N23)cc1. The van der Waals surface area contributed by atoms with Crippen LogP contribution in [-0.4, -0.2) is 68.1 Å². The van der Waals surface area contributed by atoms with Crippen LogP contribution in [-0.2, 0) is 52.9 Å². The quantitative estimate of drug-likeness (QED) is 0.0163. The lowest BCUT2D eigenvalue weighted by Gasteiger charge is -2.49. The molecule has 0 bridgehead atoms. The number of anilines is 1. The normalized spacial score (nSPS) is 16.6. The number of oxime groups is 1. The van der Waals surface area contributed by atoms with Gasteiger partial charge in [-0.25, -0.2) is 9.78 Å². The lowest BCUT2D eigenvalue weighted by Crippen LogP contribution is -2.75. The van der Waals surface area contributed by atoms with Gasteiger partial charge in [0.05, 0.1) is 13.0 Å². The molecule has 2 aliphatic rings. The Labute approximate surface area is 440 Å². The highest BCUT2D eigenvalue weighted by Crippen LogP contribution is 2.43. The number of alkyl halides is 1. The maximum atomic E-state index is 15.2. The molecular weight excluding hydrogens is 990 g/mol. The van der Waals surface area contributed by atoms with Crippen molar-refractivity contribution in [2.24, 2.45) is 5.16 Å². The number of carbonyl (C=O) groups is 3. The number of hydrogen-bond donors (Lipinski definition) is 2. The number of aromatic nitrogens is 1. The summed E-state index contributed by atoms with van der Waals surface area (Å²) in [5.74, 6) is -1.99. The van der Waals surface area contributed by atoms with Gasteiger partial charge in [-0.3, -0.25) is 14.5 Å². The number of β-lactam (4-membered cyclic amide) rings is 1. The molecule has 0 saturated carbocycles. The van der Waals surface area contributed by atoms with Crippen LogP contribution < -0.4 is 15.4 Å². The van der Waals surface area contributed by atoms with Gasteiger partial charge in [0, 0.05) is 27.6 Å². The predicted molar refractivity (Wildman–Crippen MR) is 288 cm³/mol. The van der Waals surface area contributed by atoms with E-state index < -0.39 is 51.5 Å². The molecule has 2 aliphatic heterocycles. The van der Waals surface area contributed by atoms with Gasteiger partial charge in [0.15, 0.2) is 16.9 Å². The fourth-order valence-corrected chi connectivity index (χ4v) is 12.2. The number of halogens is 1. The van der Waals surface area contributed by atoms with Crippen LogP contribution in [0.5, 0.6) is 5.75 Å². The third kappa shape index (κ3) is 9.56. The van der Waals surface area contributed by atoms with Crippen molar-refractivity contribution in [3.8, 4) is 5.75 Å². The molecule has 8 aromatic rings. The van der Waals surface area contributed by atoms with Crippen molar-refractivity contribution >= 4 is 62.7 Å². The highest BCUT2D eigenvalue weighted by Gasteiger charge is 2.61. The Morgan fingerprint density at radius 1 is 0.730 bits per heavy atom. The van der Waals surface area contributed by atoms with E-state index in [4.69, 9.17) is 36.1 Å². The second-order valence-corrected chi connectivity index (χ2v) is 20.1. The van der Waals surface area contributed by atoms with E-state index in [1.165, 1.54) is 11.3 Å². The number of amides is 2. The molecule has 2 amide bonds. The van der Waals surface area contributed by atoms with Crippen LogP contribution in [0.3, 0.4) is 0 Å². The highest BCUT2D eigenvalue weighted by atomic mass is 35.5. The first-order chi connectivity index (χ1) is 36.2. The molecule has 7 aromatic carbocycles. The average Bonchev–Trinajstić information content (AvgIpc) is 3.93. The summed E-state index contributed by atoms with van der Waals surface area (Å²) in [6, 6.07) is 64.5. The first-order valence-corrected chi connectivity index (χ1v) is 26.5. The number of esters is 1. The first-order valence-electron chi connectivity index (χ1n) is 23.7. The third-order valence-corrected chi connectivity index (χ3v) is 15.8. The molecule has 74 heavy (non-hydrogen) atoms. The molecule has 10 rings (SSSR count). The van der Waals surface area contributed by atoms with Gasteiger partial charge < -0.3 is 29.5 Å². The Balaban J connectivity index is 1.04. The van der Waals surface area contributed by atoms with Gasteiger partial charge >= 0.3 is 5.97 Å². The van der Waals surface area contributed by atoms with E-state index in [2.05, 4.69) is 47.0 Å². The number of nitrogens with one attached hydrogen (secondary N) is 2. The zero-order valence-electron chi connectivity index (χ0n) is 39.9. The van der Waals surface area contributed by atoms with E-state index in [-0.39, 0.29) is 40.9 Å². The van der Waals surface area contributed by atoms with Gasteiger partial charge in [-0.1, -0.05) is 199 Å². The Kier molecular flexibility index (Phi) is 14.7. The van der Waals surface area contributed by atoms with Gasteiger partial charge in [-0.15, -0.1) is 22.9 Å². The summed E-state index contributed by atoms with van der Waals surface area (Å²) < 4.78 is 25.0. The average molecular weight is 1040 g/mol. The van der Waals surface area contributed by atoms with Crippen LogP contribution in [0.2, 0.25) is 0 Å². The van der Waals surface area contributed by atoms with Crippen molar-refractivity contribution in [1.82, 2.24) is 15.2 Å². The summed E-state index contributed by atoms with van der Waals surface area (Å²) >= 11 is 5.81. The highest BCUT2D eigenvalue weighted by molar-refractivity contribution is 7.92. The molecule has 2 N–H and O–H groups in total. The predicted octanol–water partition coefficient (Wildman–Crippen LogP) is 9.92. The van der Waals surface area contributed by atoms with Gasteiger partial charge in [-0.05, 0) is 45.6 Å². The molecule has 2 unspecified atom stereocenters. The van der Waals surface area contributed by atoms with Crippen molar-refractivity contribution < 1.29 is 33.2 Å². The first kappa shape index (κ1) is 49.6. The zero-order chi connectivity index (χ0) is 51.1. The number of thiazole rings is 1. The van der Waals surface area contributed by atoms with Gasteiger partial charge in [0.25, 0.3) is 11.8 Å². The van der Waals surface area contributed by atoms with Gasteiger partial charge in [0.1, 0.15) is 35.0 Å². The second-order valence-electron chi connectivity index (χ2n) is 17.4. The number of ether oxygens (including phenoxy) is 2. The summed E-state index contributed by atoms with van der Waals surface area (Å²) in [5.41, 5.74) is 3.32. The van der Waals surface area contributed by atoms with E-state index in [1.54, 1.807) is 36.8 Å². The second kappa shape index (κ2) is 22.0. The monoisotopic (exact) mass is 1040 g/mol. The summed E-state index contributed by atoms with van der Waals surface area (Å²) in [5, 5.41) is 12.4. The minimum absolute atomic E-state index is 0.0989. The fraction of sp³-hybridized carbons (Fsp3) is 0.136. The number of carbonyl (C=O) groups excluding carboxylic acids is 3. The molecule has 3 heterocycles. The van der Waals surface area contributed by atoms with Crippen molar-refractivity contribution in [3.63, 3.8) is 0 Å². The molecule has 0 radical (unpaired) electrons. The summed E-state index contributed by atoms with van der Waals surface area (Å²) in [6.45, 7) is -0.109. The molecule has 0 aliphatic carbocycles. The number of fused-ring (bicyclic) bond motifs is 1.